The normalized spacial score (nSPS) is 11.4. The summed E-state index contributed by atoms with van der Waals surface area (Å²) < 4.78 is 0. The molecule has 2 aromatic carbocycles. The van der Waals surface area contributed by atoms with Gasteiger partial charge in [0.2, 0.25) is 0 Å². The first-order valence-corrected chi connectivity index (χ1v) is 8.30. The molecule has 26 heavy (non-hydrogen) atoms. The van der Waals surface area contributed by atoms with E-state index < -0.39 is 0 Å². The zero-order valence-corrected chi connectivity index (χ0v) is 15.0. The maximum Gasteiger partial charge on any atom is 0.0875 e. The Morgan fingerprint density at radius 3 is 1.54 bits per heavy atom. The van der Waals surface area contributed by atoms with Crippen LogP contribution in [0.15, 0.2) is 69.1 Å². The van der Waals surface area contributed by atoms with Crippen molar-refractivity contribution in [2.75, 3.05) is 45.3 Å². The molecule has 0 aromatic heterocycles. The Hall–Kier alpha value is -2.84. The van der Waals surface area contributed by atoms with Gasteiger partial charge < -0.3 is 15.1 Å². The van der Waals surface area contributed by atoms with Gasteiger partial charge in [0.25, 0.3) is 0 Å². The molecule has 2 N–H and O–H groups in total. The molecule has 0 aliphatic carbocycles. The van der Waals surface area contributed by atoms with Gasteiger partial charge in [-0.15, -0.1) is 5.11 Å². The lowest BCUT2D eigenvalue weighted by Crippen LogP contribution is -2.29. The summed E-state index contributed by atoms with van der Waals surface area (Å²) in [6, 6.07) is 14.8. The third-order valence-corrected chi connectivity index (χ3v) is 3.42. The number of nitrogens with zero attached hydrogens (tertiary/aromatic N) is 6. The van der Waals surface area contributed by atoms with Gasteiger partial charge in [-0.2, -0.15) is 10.2 Å². The number of anilines is 1. The van der Waals surface area contributed by atoms with E-state index in [4.69, 9.17) is 10.2 Å². The summed E-state index contributed by atoms with van der Waals surface area (Å²) in [6.07, 6.45) is 0. The maximum atomic E-state index is 9.10. The van der Waals surface area contributed by atoms with Gasteiger partial charge in [0.05, 0.1) is 30.3 Å². The molecule has 0 aliphatic rings. The van der Waals surface area contributed by atoms with E-state index in [1.54, 1.807) is 5.01 Å². The van der Waals surface area contributed by atoms with E-state index >= 15 is 0 Å². The molecule has 8 nitrogen and oxygen atoms in total. The fourth-order valence-corrected chi connectivity index (χ4v) is 2.18. The van der Waals surface area contributed by atoms with Crippen molar-refractivity contribution in [3.8, 4) is 0 Å². The first kappa shape index (κ1) is 19.5. The van der Waals surface area contributed by atoms with E-state index in [-0.39, 0.29) is 13.2 Å². The zero-order chi connectivity index (χ0) is 18.8. The highest BCUT2D eigenvalue weighted by atomic mass is 16.3. The highest BCUT2D eigenvalue weighted by Crippen LogP contribution is 2.24. The molecule has 0 saturated carbocycles. The Morgan fingerprint density at radius 2 is 1.12 bits per heavy atom. The number of azo groups is 1. The van der Waals surface area contributed by atoms with Crippen molar-refractivity contribution in [3.05, 3.63) is 48.5 Å². The molecular weight excluding hydrogens is 332 g/mol. The Morgan fingerprint density at radius 1 is 0.692 bits per heavy atom. The lowest BCUT2D eigenvalue weighted by atomic mass is 10.2. The van der Waals surface area contributed by atoms with Crippen molar-refractivity contribution in [2.45, 2.75) is 0 Å². The Kier molecular flexibility index (Phi) is 7.66. The molecule has 0 fully saturated rings. The summed E-state index contributed by atoms with van der Waals surface area (Å²) in [4.78, 5) is 1.90. The summed E-state index contributed by atoms with van der Waals surface area (Å²) in [5, 5.41) is 36.2. The molecule has 0 spiro atoms. The van der Waals surface area contributed by atoms with Crippen LogP contribution in [0.1, 0.15) is 0 Å². The molecular formula is C18H24N6O2. The average Bonchev–Trinajstić information content (AvgIpc) is 2.66. The van der Waals surface area contributed by atoms with Gasteiger partial charge in [0, 0.05) is 32.9 Å². The van der Waals surface area contributed by atoms with E-state index in [0.29, 0.717) is 13.1 Å². The lowest BCUT2D eigenvalue weighted by molar-refractivity contribution is 0.281. The molecule has 0 bridgehead atoms. The van der Waals surface area contributed by atoms with Crippen LogP contribution < -0.4 is 4.90 Å². The first-order valence-electron chi connectivity index (χ1n) is 8.30. The van der Waals surface area contributed by atoms with E-state index in [2.05, 4.69) is 20.6 Å². The molecule has 0 unspecified atom stereocenters. The molecule has 138 valence electrons. The van der Waals surface area contributed by atoms with Gasteiger partial charge in [0.1, 0.15) is 0 Å². The van der Waals surface area contributed by atoms with E-state index in [9.17, 15) is 0 Å². The standard InChI is InChI=1S/C18H24N6O2/c1-23(2)22-21-17-5-3-15(4-6-17)19-20-16-7-9-18(10-8-16)24(11-13-25)12-14-26/h3-10,25-26H,11-14H2,1-2H3. The van der Waals surface area contributed by atoms with Gasteiger partial charge in [-0.05, 0) is 48.5 Å². The van der Waals surface area contributed by atoms with Gasteiger partial charge in [0.15, 0.2) is 0 Å². The van der Waals surface area contributed by atoms with Gasteiger partial charge in [-0.3, -0.25) is 5.01 Å². The summed E-state index contributed by atoms with van der Waals surface area (Å²) in [7, 11) is 3.62. The van der Waals surface area contributed by atoms with Crippen molar-refractivity contribution >= 4 is 22.7 Å². The van der Waals surface area contributed by atoms with Gasteiger partial charge in [-0.25, -0.2) is 0 Å². The minimum absolute atomic E-state index is 0.0333. The Balaban J connectivity index is 2.01. The SMILES string of the molecule is CN(C)N=Nc1ccc(N=Nc2ccc(N(CCO)CCO)cc2)cc1. The molecule has 0 aliphatic heterocycles. The number of aliphatic hydroxyl groups is 2. The van der Waals surface area contributed by atoms with Crippen molar-refractivity contribution in [3.63, 3.8) is 0 Å². The smallest absolute Gasteiger partial charge is 0.0875 e. The highest BCUT2D eigenvalue weighted by molar-refractivity contribution is 5.53. The predicted octanol–water partition coefficient (Wildman–Crippen LogP) is 3.45. The van der Waals surface area contributed by atoms with Crippen molar-refractivity contribution < 1.29 is 10.2 Å². The fourth-order valence-electron chi connectivity index (χ4n) is 2.18. The molecule has 0 amide bonds. The van der Waals surface area contributed by atoms with E-state index in [1.807, 2.05) is 67.5 Å². The molecule has 8 heteroatoms. The van der Waals surface area contributed by atoms with Crippen LogP contribution in [0.2, 0.25) is 0 Å². The van der Waals surface area contributed by atoms with E-state index in [0.717, 1.165) is 22.7 Å². The topological polar surface area (TPSA) is 96.4 Å². The van der Waals surface area contributed by atoms with Crippen molar-refractivity contribution in [2.24, 2.45) is 20.6 Å². The molecule has 0 saturated heterocycles. The van der Waals surface area contributed by atoms with Crippen LogP contribution in [0.25, 0.3) is 0 Å². The number of rotatable bonds is 9. The van der Waals surface area contributed by atoms with Crippen LogP contribution in [0.5, 0.6) is 0 Å². The molecule has 0 heterocycles. The second kappa shape index (κ2) is 10.2. The van der Waals surface area contributed by atoms with Gasteiger partial charge in [-0.1, -0.05) is 5.22 Å². The minimum Gasteiger partial charge on any atom is -0.395 e. The first-order chi connectivity index (χ1) is 12.6. The fraction of sp³-hybridized carbons (Fsp3) is 0.333. The van der Waals surface area contributed by atoms with E-state index in [1.165, 1.54) is 0 Å². The summed E-state index contributed by atoms with van der Waals surface area (Å²) >= 11 is 0. The Bertz CT molecular complexity index is 707. The third kappa shape index (κ3) is 6.23. The maximum absolute atomic E-state index is 9.10. The molecule has 0 atom stereocenters. The number of hydrogen-bond donors (Lipinski definition) is 2. The van der Waals surface area contributed by atoms with Crippen LogP contribution in [0.3, 0.4) is 0 Å². The second-order valence-electron chi connectivity index (χ2n) is 5.70. The quantitative estimate of drug-likeness (QED) is 0.531. The summed E-state index contributed by atoms with van der Waals surface area (Å²) in [5.74, 6) is 0. The zero-order valence-electron chi connectivity index (χ0n) is 15.0. The highest BCUT2D eigenvalue weighted by Gasteiger charge is 2.04. The van der Waals surface area contributed by atoms with Crippen LogP contribution in [-0.2, 0) is 0 Å². The largest absolute Gasteiger partial charge is 0.395 e. The lowest BCUT2D eigenvalue weighted by Gasteiger charge is -2.22. The third-order valence-electron chi connectivity index (χ3n) is 3.42. The molecule has 2 rings (SSSR count). The monoisotopic (exact) mass is 356 g/mol. The predicted molar refractivity (Wildman–Crippen MR) is 102 cm³/mol. The van der Waals surface area contributed by atoms with Crippen molar-refractivity contribution in [1.82, 2.24) is 5.01 Å². The van der Waals surface area contributed by atoms with Crippen LogP contribution >= 0.6 is 0 Å². The minimum atomic E-state index is 0.0333. The Labute approximate surface area is 153 Å². The summed E-state index contributed by atoms with van der Waals surface area (Å²) in [6.45, 7) is 1.01. The van der Waals surface area contributed by atoms with Crippen LogP contribution in [0.4, 0.5) is 22.7 Å². The van der Waals surface area contributed by atoms with Crippen LogP contribution in [-0.4, -0.2) is 55.6 Å². The number of aliphatic hydroxyl groups excluding tert-OH is 2. The number of hydrogen-bond acceptors (Lipinski definition) is 7. The van der Waals surface area contributed by atoms with Crippen molar-refractivity contribution in [1.29, 1.82) is 0 Å². The number of benzene rings is 2. The van der Waals surface area contributed by atoms with Crippen LogP contribution in [0, 0.1) is 0 Å². The average molecular weight is 356 g/mol. The summed E-state index contributed by atoms with van der Waals surface area (Å²) in [5.41, 5.74) is 3.11. The molecule has 2 aromatic rings. The molecule has 0 radical (unpaired) electrons. The second-order valence-corrected chi connectivity index (χ2v) is 5.70. The van der Waals surface area contributed by atoms with Gasteiger partial charge >= 0.3 is 0 Å².